The number of aromatic nitrogens is 2. The van der Waals surface area contributed by atoms with Gasteiger partial charge in [-0.1, -0.05) is 0 Å². The van der Waals surface area contributed by atoms with Crippen molar-refractivity contribution in [1.82, 2.24) is 9.78 Å². The van der Waals surface area contributed by atoms with Crippen LogP contribution in [0.5, 0.6) is 0 Å². The third-order valence-corrected chi connectivity index (χ3v) is 1.76. The van der Waals surface area contributed by atoms with Crippen molar-refractivity contribution in [3.63, 3.8) is 0 Å². The Morgan fingerprint density at radius 1 is 1.64 bits per heavy atom. The molecule has 1 aromatic heterocycles. The number of primary amides is 1. The molecule has 0 atom stereocenters. The number of carboxylic acids is 1. The fourth-order valence-corrected chi connectivity index (χ4v) is 1.07. The third kappa shape index (κ3) is 2.32. The van der Waals surface area contributed by atoms with Gasteiger partial charge in [-0.3, -0.25) is 9.48 Å². The number of nitrogens with two attached hydrogens (primary N) is 1. The van der Waals surface area contributed by atoms with Gasteiger partial charge in [-0.05, 0) is 6.92 Å². The van der Waals surface area contributed by atoms with Crippen LogP contribution in [0.3, 0.4) is 0 Å². The minimum absolute atomic E-state index is 0.148. The lowest BCUT2D eigenvalue weighted by molar-refractivity contribution is -0.118. The molecule has 1 aromatic rings. The van der Waals surface area contributed by atoms with Crippen molar-refractivity contribution >= 4 is 11.9 Å². The van der Waals surface area contributed by atoms with Gasteiger partial charge in [-0.25, -0.2) is 4.79 Å². The largest absolute Gasteiger partial charge is 0.478 e. The quantitative estimate of drug-likeness (QED) is 0.696. The topological polar surface area (TPSA) is 98.2 Å². The number of rotatable bonds is 4. The van der Waals surface area contributed by atoms with Crippen molar-refractivity contribution in [3.8, 4) is 0 Å². The molecule has 0 aliphatic carbocycles. The highest BCUT2D eigenvalue weighted by Crippen LogP contribution is 2.05. The molecule has 0 saturated carbocycles. The first kappa shape index (κ1) is 10.2. The number of hydrogen-bond donors (Lipinski definition) is 2. The molecule has 14 heavy (non-hydrogen) atoms. The van der Waals surface area contributed by atoms with Crippen molar-refractivity contribution in [2.45, 2.75) is 19.9 Å². The zero-order valence-electron chi connectivity index (χ0n) is 7.73. The fourth-order valence-electron chi connectivity index (χ4n) is 1.07. The predicted molar refractivity (Wildman–Crippen MR) is 47.7 cm³/mol. The van der Waals surface area contributed by atoms with Crippen LogP contribution in [0.15, 0.2) is 6.20 Å². The number of amides is 1. The van der Waals surface area contributed by atoms with Crippen LogP contribution in [0, 0.1) is 6.92 Å². The van der Waals surface area contributed by atoms with Crippen molar-refractivity contribution in [1.29, 1.82) is 0 Å². The Bertz CT molecular complexity index is 370. The highest BCUT2D eigenvalue weighted by Gasteiger charge is 2.11. The van der Waals surface area contributed by atoms with E-state index in [1.165, 1.54) is 10.9 Å². The van der Waals surface area contributed by atoms with Crippen LogP contribution in [-0.2, 0) is 11.3 Å². The maximum atomic E-state index is 10.6. The summed E-state index contributed by atoms with van der Waals surface area (Å²) in [6.07, 6.45) is 1.54. The monoisotopic (exact) mass is 197 g/mol. The Kier molecular flexibility index (Phi) is 2.85. The van der Waals surface area contributed by atoms with Gasteiger partial charge in [0.1, 0.15) is 5.56 Å². The van der Waals surface area contributed by atoms with Gasteiger partial charge in [0.05, 0.1) is 5.69 Å². The number of carbonyl (C=O) groups excluding carboxylic acids is 1. The Balaban J connectivity index is 2.76. The molecule has 0 radical (unpaired) electrons. The number of hydrogen-bond acceptors (Lipinski definition) is 3. The summed E-state index contributed by atoms with van der Waals surface area (Å²) < 4.78 is 1.41. The van der Waals surface area contributed by atoms with Gasteiger partial charge in [-0.2, -0.15) is 5.10 Å². The van der Waals surface area contributed by atoms with Crippen LogP contribution in [-0.4, -0.2) is 26.8 Å². The maximum Gasteiger partial charge on any atom is 0.339 e. The zero-order valence-corrected chi connectivity index (χ0v) is 7.73. The molecule has 1 amide bonds. The highest BCUT2D eigenvalue weighted by molar-refractivity contribution is 5.88. The molecular formula is C8H11N3O3. The van der Waals surface area contributed by atoms with Crippen LogP contribution in [0.25, 0.3) is 0 Å². The minimum Gasteiger partial charge on any atom is -0.478 e. The Morgan fingerprint density at radius 3 is 2.71 bits per heavy atom. The van der Waals surface area contributed by atoms with E-state index in [1.807, 2.05) is 0 Å². The van der Waals surface area contributed by atoms with Gasteiger partial charge < -0.3 is 10.8 Å². The Labute approximate surface area is 80.3 Å². The highest BCUT2D eigenvalue weighted by atomic mass is 16.4. The summed E-state index contributed by atoms with van der Waals surface area (Å²) in [5.74, 6) is -1.46. The third-order valence-electron chi connectivity index (χ3n) is 1.76. The van der Waals surface area contributed by atoms with E-state index < -0.39 is 11.9 Å². The van der Waals surface area contributed by atoms with E-state index in [0.717, 1.165) is 0 Å². The fraction of sp³-hybridized carbons (Fsp3) is 0.375. The molecule has 0 unspecified atom stereocenters. The lowest BCUT2D eigenvalue weighted by Gasteiger charge is -1.96. The Hall–Kier alpha value is -1.85. The van der Waals surface area contributed by atoms with Gasteiger partial charge in [0.2, 0.25) is 5.91 Å². The number of aromatic carboxylic acids is 1. The molecule has 6 nitrogen and oxygen atoms in total. The maximum absolute atomic E-state index is 10.6. The summed E-state index contributed by atoms with van der Waals surface area (Å²) in [5, 5.41) is 12.6. The SMILES string of the molecule is Cc1nn(CCC(N)=O)cc1C(=O)O. The predicted octanol–water partition coefficient (Wildman–Crippen LogP) is -0.235. The Morgan fingerprint density at radius 2 is 2.29 bits per heavy atom. The summed E-state index contributed by atoms with van der Waals surface area (Å²) in [6.45, 7) is 1.91. The molecule has 0 aliphatic rings. The molecule has 0 aliphatic heterocycles. The minimum atomic E-state index is -1.02. The van der Waals surface area contributed by atoms with Gasteiger partial charge in [0.25, 0.3) is 0 Å². The molecule has 0 bridgehead atoms. The van der Waals surface area contributed by atoms with Gasteiger partial charge in [0, 0.05) is 19.2 Å². The first-order valence-corrected chi connectivity index (χ1v) is 4.06. The lowest BCUT2D eigenvalue weighted by Crippen LogP contribution is -2.14. The summed E-state index contributed by atoms with van der Waals surface area (Å²) in [5.41, 5.74) is 5.53. The molecular weight excluding hydrogens is 186 g/mol. The summed E-state index contributed by atoms with van der Waals surface area (Å²) in [6, 6.07) is 0. The van der Waals surface area contributed by atoms with Crippen LogP contribution in [0.1, 0.15) is 22.5 Å². The zero-order chi connectivity index (χ0) is 10.7. The summed E-state index contributed by atoms with van der Waals surface area (Å²) >= 11 is 0. The molecule has 0 fully saturated rings. The molecule has 0 spiro atoms. The molecule has 6 heteroatoms. The molecule has 1 heterocycles. The van der Waals surface area contributed by atoms with Crippen molar-refractivity contribution in [3.05, 3.63) is 17.5 Å². The van der Waals surface area contributed by atoms with E-state index >= 15 is 0 Å². The second kappa shape index (κ2) is 3.91. The first-order valence-electron chi connectivity index (χ1n) is 4.06. The van der Waals surface area contributed by atoms with Crippen molar-refractivity contribution < 1.29 is 14.7 Å². The molecule has 0 saturated heterocycles. The van der Waals surface area contributed by atoms with Crippen molar-refractivity contribution in [2.24, 2.45) is 5.73 Å². The van der Waals surface area contributed by atoms with Gasteiger partial charge in [0.15, 0.2) is 0 Å². The van der Waals surface area contributed by atoms with E-state index in [-0.39, 0.29) is 12.0 Å². The standard InChI is InChI=1S/C8H11N3O3/c1-5-6(8(13)14)4-11(10-5)3-2-7(9)12/h4H,2-3H2,1H3,(H2,9,12)(H,13,14). The van der Waals surface area contributed by atoms with Crippen LogP contribution in [0.4, 0.5) is 0 Å². The normalized spacial score (nSPS) is 10.1. The van der Waals surface area contributed by atoms with Gasteiger partial charge >= 0.3 is 5.97 Å². The molecule has 0 aromatic carbocycles. The van der Waals surface area contributed by atoms with E-state index in [4.69, 9.17) is 10.8 Å². The molecule has 1 rings (SSSR count). The average Bonchev–Trinajstić information content (AvgIpc) is 2.43. The second-order valence-electron chi connectivity index (χ2n) is 2.91. The molecule has 76 valence electrons. The van der Waals surface area contributed by atoms with Crippen LogP contribution >= 0.6 is 0 Å². The summed E-state index contributed by atoms with van der Waals surface area (Å²) in [4.78, 5) is 21.1. The number of nitrogens with zero attached hydrogens (tertiary/aromatic N) is 2. The second-order valence-corrected chi connectivity index (χ2v) is 2.91. The summed E-state index contributed by atoms with van der Waals surface area (Å²) in [7, 11) is 0. The van der Waals surface area contributed by atoms with E-state index in [1.54, 1.807) is 6.92 Å². The molecule has 3 N–H and O–H groups in total. The van der Waals surface area contributed by atoms with Crippen LogP contribution < -0.4 is 5.73 Å². The average molecular weight is 197 g/mol. The van der Waals surface area contributed by atoms with Crippen LogP contribution in [0.2, 0.25) is 0 Å². The van der Waals surface area contributed by atoms with E-state index in [2.05, 4.69) is 5.10 Å². The number of aryl methyl sites for hydroxylation is 2. The van der Waals surface area contributed by atoms with E-state index in [9.17, 15) is 9.59 Å². The number of carbonyl (C=O) groups is 2. The van der Waals surface area contributed by atoms with Crippen molar-refractivity contribution in [2.75, 3.05) is 0 Å². The smallest absolute Gasteiger partial charge is 0.339 e. The first-order chi connectivity index (χ1) is 6.50. The number of carboxylic acid groups (broad SMARTS) is 1. The van der Waals surface area contributed by atoms with Gasteiger partial charge in [-0.15, -0.1) is 0 Å². The van der Waals surface area contributed by atoms with E-state index in [0.29, 0.717) is 12.2 Å². The lowest BCUT2D eigenvalue weighted by atomic mass is 10.3.